The highest BCUT2D eigenvalue weighted by atomic mass is 14.9. The van der Waals surface area contributed by atoms with Crippen molar-refractivity contribution in [3.8, 4) is 22.3 Å². The van der Waals surface area contributed by atoms with Crippen LogP contribution in [0.15, 0.2) is 91.0 Å². The maximum atomic E-state index is 5.21. The van der Waals surface area contributed by atoms with E-state index in [1.54, 1.807) is 0 Å². The van der Waals surface area contributed by atoms with Crippen molar-refractivity contribution in [2.24, 2.45) is 0 Å². The molecule has 0 amide bonds. The number of hydrogen-bond acceptors (Lipinski definition) is 3. The summed E-state index contributed by atoms with van der Waals surface area (Å²) in [5, 5.41) is 3.70. The van der Waals surface area contributed by atoms with Crippen molar-refractivity contribution < 1.29 is 0 Å². The van der Waals surface area contributed by atoms with Gasteiger partial charge in [-0.25, -0.2) is 9.97 Å². The summed E-state index contributed by atoms with van der Waals surface area (Å²) < 4.78 is 0. The van der Waals surface area contributed by atoms with Crippen LogP contribution in [0.4, 0.5) is 5.69 Å². The molecule has 3 N–H and O–H groups in total. The highest BCUT2D eigenvalue weighted by molar-refractivity contribution is 5.96. The lowest BCUT2D eigenvalue weighted by Gasteiger charge is -2.07. The van der Waals surface area contributed by atoms with Gasteiger partial charge >= 0.3 is 0 Å². The number of fused-ring (bicyclic) bond motifs is 8. The van der Waals surface area contributed by atoms with Gasteiger partial charge in [0.15, 0.2) is 0 Å². The van der Waals surface area contributed by atoms with Gasteiger partial charge in [0.05, 0.1) is 34.0 Å². The van der Waals surface area contributed by atoms with E-state index in [-0.39, 0.29) is 0 Å². The molecule has 2 aromatic carbocycles. The van der Waals surface area contributed by atoms with Gasteiger partial charge in [-0.3, -0.25) is 0 Å². The lowest BCUT2D eigenvalue weighted by molar-refractivity contribution is 0.834. The molecule has 8 bridgehead atoms. The molecule has 3 aromatic heterocycles. The average molecular weight is 534 g/mol. The molecule has 0 fully saturated rings. The molecule has 5 heteroatoms. The summed E-state index contributed by atoms with van der Waals surface area (Å²) in [4.78, 5) is 17.6. The Bertz CT molecular complexity index is 1910. The number of aromatic amines is 2. The van der Waals surface area contributed by atoms with Crippen molar-refractivity contribution in [2.75, 3.05) is 11.9 Å². The predicted molar refractivity (Wildman–Crippen MR) is 173 cm³/mol. The van der Waals surface area contributed by atoms with Gasteiger partial charge in [-0.1, -0.05) is 74.0 Å². The molecule has 41 heavy (non-hydrogen) atoms. The Morgan fingerprint density at radius 2 is 1.22 bits per heavy atom. The second-order valence-electron chi connectivity index (χ2n) is 10.4. The number of hydrogen-bond donors (Lipinski definition) is 3. The Labute approximate surface area is 239 Å². The van der Waals surface area contributed by atoms with E-state index in [9.17, 15) is 0 Å². The van der Waals surface area contributed by atoms with Crippen LogP contribution in [-0.2, 0) is 0 Å². The number of aromatic nitrogens is 4. The highest BCUT2D eigenvalue weighted by Crippen LogP contribution is 2.34. The SMILES string of the molecule is CCCCNc1c2nc(c(-c3ccccc3)c3ccc(cc4nc(c(-c5ccccc5)c5ccc1[nH]5)C=C4)[nH]3)C=C2. The monoisotopic (exact) mass is 533 g/mol. The van der Waals surface area contributed by atoms with Crippen LogP contribution >= 0.6 is 0 Å². The van der Waals surface area contributed by atoms with E-state index in [2.05, 4.69) is 125 Å². The topological polar surface area (TPSA) is 69.4 Å². The van der Waals surface area contributed by atoms with Gasteiger partial charge in [0.1, 0.15) is 0 Å². The molecule has 2 aliphatic rings. The third kappa shape index (κ3) is 4.87. The Hall–Kier alpha value is -5.16. The van der Waals surface area contributed by atoms with E-state index in [1.807, 2.05) is 12.1 Å². The third-order valence-corrected chi connectivity index (χ3v) is 7.53. The lowest BCUT2D eigenvalue weighted by Crippen LogP contribution is -2.03. The molecule has 0 saturated carbocycles. The number of H-pyrrole nitrogens is 2. The minimum atomic E-state index is 0.872. The maximum Gasteiger partial charge on any atom is 0.0890 e. The van der Waals surface area contributed by atoms with Gasteiger partial charge in [-0.15, -0.1) is 0 Å². The van der Waals surface area contributed by atoms with E-state index in [4.69, 9.17) is 9.97 Å². The van der Waals surface area contributed by atoms with Crippen LogP contribution in [-0.4, -0.2) is 26.5 Å². The van der Waals surface area contributed by atoms with Crippen molar-refractivity contribution in [1.29, 1.82) is 0 Å². The second-order valence-corrected chi connectivity index (χ2v) is 10.4. The summed E-state index contributed by atoms with van der Waals surface area (Å²) in [6.45, 7) is 3.08. The Balaban J connectivity index is 1.59. The van der Waals surface area contributed by atoms with Crippen molar-refractivity contribution in [3.05, 3.63) is 114 Å². The quantitative estimate of drug-likeness (QED) is 0.187. The summed E-state index contributed by atoms with van der Waals surface area (Å²) in [5.74, 6) is 0. The first kappa shape index (κ1) is 24.9. The predicted octanol–water partition coefficient (Wildman–Crippen LogP) is 9.20. The molecule has 0 saturated heterocycles. The molecule has 0 spiro atoms. The fourth-order valence-electron chi connectivity index (χ4n) is 5.53. The molecule has 0 unspecified atom stereocenters. The van der Waals surface area contributed by atoms with Crippen molar-refractivity contribution in [3.63, 3.8) is 0 Å². The van der Waals surface area contributed by atoms with E-state index in [0.717, 1.165) is 92.2 Å². The minimum absolute atomic E-state index is 0.872. The minimum Gasteiger partial charge on any atom is -0.382 e. The fraction of sp³-hybridized carbons (Fsp3) is 0.111. The number of benzene rings is 2. The van der Waals surface area contributed by atoms with Gasteiger partial charge in [-0.2, -0.15) is 0 Å². The summed E-state index contributed by atoms with van der Waals surface area (Å²) in [6, 6.07) is 31.6. The molecular formula is C36H31N5. The van der Waals surface area contributed by atoms with E-state index in [1.165, 1.54) is 0 Å². The van der Waals surface area contributed by atoms with Gasteiger partial charge in [0.25, 0.3) is 0 Å². The van der Waals surface area contributed by atoms with Crippen molar-refractivity contribution >= 4 is 52.1 Å². The molecule has 7 rings (SSSR count). The van der Waals surface area contributed by atoms with E-state index in [0.29, 0.717) is 0 Å². The van der Waals surface area contributed by atoms with Gasteiger partial charge in [0.2, 0.25) is 0 Å². The average Bonchev–Trinajstić information content (AvgIpc) is 3.83. The highest BCUT2D eigenvalue weighted by Gasteiger charge is 2.15. The van der Waals surface area contributed by atoms with Crippen LogP contribution in [0.5, 0.6) is 0 Å². The van der Waals surface area contributed by atoms with E-state index < -0.39 is 0 Å². The van der Waals surface area contributed by atoms with Crippen molar-refractivity contribution in [2.45, 2.75) is 19.8 Å². The molecule has 5 aromatic rings. The molecule has 0 aliphatic carbocycles. The molecule has 2 aliphatic heterocycles. The zero-order valence-corrected chi connectivity index (χ0v) is 23.0. The smallest absolute Gasteiger partial charge is 0.0890 e. The zero-order valence-electron chi connectivity index (χ0n) is 23.0. The first-order chi connectivity index (χ1) is 20.3. The van der Waals surface area contributed by atoms with E-state index >= 15 is 0 Å². The number of rotatable bonds is 6. The molecule has 5 nitrogen and oxygen atoms in total. The Morgan fingerprint density at radius 3 is 1.95 bits per heavy atom. The fourth-order valence-corrected chi connectivity index (χ4v) is 5.53. The van der Waals surface area contributed by atoms with Crippen LogP contribution in [0, 0.1) is 0 Å². The second kappa shape index (κ2) is 10.8. The standard InChI is InChI=1S/C36H31N5/c1-2-3-22-37-36-32-20-18-30(40-32)34(24-10-6-4-7-11-24)28-16-14-26(38-28)23-27-15-17-29(39-27)35(25-12-8-5-9-13-25)31-19-21-33(36)41-31/h4-21,23,37-38,41H,2-3,22H2,1H3. The third-order valence-electron chi connectivity index (χ3n) is 7.53. The Kier molecular flexibility index (Phi) is 6.53. The molecule has 5 heterocycles. The lowest BCUT2D eigenvalue weighted by atomic mass is 10.0. The molecule has 0 atom stereocenters. The van der Waals surface area contributed by atoms with Crippen LogP contribution in [0.2, 0.25) is 0 Å². The summed E-state index contributed by atoms with van der Waals surface area (Å²) in [6.07, 6.45) is 10.6. The van der Waals surface area contributed by atoms with Gasteiger partial charge in [0, 0.05) is 34.2 Å². The van der Waals surface area contributed by atoms with Gasteiger partial charge < -0.3 is 15.3 Å². The summed E-state index contributed by atoms with van der Waals surface area (Å²) in [5.41, 5.74) is 13.1. The maximum absolute atomic E-state index is 5.21. The first-order valence-electron chi connectivity index (χ1n) is 14.2. The van der Waals surface area contributed by atoms with Crippen LogP contribution in [0.1, 0.15) is 42.5 Å². The normalized spacial score (nSPS) is 12.1. The van der Waals surface area contributed by atoms with Crippen LogP contribution in [0.25, 0.3) is 68.6 Å². The Morgan fingerprint density at radius 1 is 0.610 bits per heavy atom. The number of unbranched alkanes of at least 4 members (excludes halogenated alkanes) is 1. The first-order valence-corrected chi connectivity index (χ1v) is 14.2. The van der Waals surface area contributed by atoms with Gasteiger partial charge in [-0.05, 0) is 72.2 Å². The van der Waals surface area contributed by atoms with Crippen molar-refractivity contribution in [1.82, 2.24) is 19.9 Å². The molecule has 200 valence electrons. The summed E-state index contributed by atoms with van der Waals surface area (Å²) >= 11 is 0. The molecular weight excluding hydrogens is 502 g/mol. The van der Waals surface area contributed by atoms with Crippen LogP contribution < -0.4 is 5.32 Å². The number of nitrogens with one attached hydrogen (secondary N) is 3. The number of nitrogens with zero attached hydrogens (tertiary/aromatic N) is 2. The largest absolute Gasteiger partial charge is 0.382 e. The molecule has 0 radical (unpaired) electrons. The van der Waals surface area contributed by atoms with Crippen LogP contribution in [0.3, 0.4) is 0 Å². The number of anilines is 1. The zero-order chi connectivity index (χ0) is 27.6. The summed E-state index contributed by atoms with van der Waals surface area (Å²) in [7, 11) is 0.